The summed E-state index contributed by atoms with van der Waals surface area (Å²) in [5.74, 6) is -3.58. The molecule has 3 aliphatic heterocycles. The highest BCUT2D eigenvalue weighted by Crippen LogP contribution is 2.45. The van der Waals surface area contributed by atoms with Gasteiger partial charge in [-0.05, 0) is 0 Å². The first-order chi connectivity index (χ1) is 12.2. The highest BCUT2D eigenvalue weighted by atomic mass is 16.6. The molecule has 3 fully saturated rings. The van der Waals surface area contributed by atoms with Crippen molar-refractivity contribution in [1.29, 1.82) is 10.8 Å². The van der Waals surface area contributed by atoms with Crippen molar-refractivity contribution in [3.05, 3.63) is 0 Å². The predicted octanol–water partition coefficient (Wildman–Crippen LogP) is -4.78. The van der Waals surface area contributed by atoms with Gasteiger partial charge in [-0.2, -0.15) is 0 Å². The number of guanidine groups is 2. The van der Waals surface area contributed by atoms with Gasteiger partial charge in [0.2, 0.25) is 11.7 Å². The van der Waals surface area contributed by atoms with E-state index in [2.05, 4.69) is 21.0 Å². The molecule has 3 saturated heterocycles. The molecule has 26 heavy (non-hydrogen) atoms. The molecule has 0 unspecified atom stereocenters. The number of carbonyl (C=O) groups is 1. The normalized spacial score (nSPS) is 34.9. The maximum Gasteiger partial charge on any atom is 0.245 e. The predicted molar refractivity (Wildman–Crippen MR) is 85.5 cm³/mol. The fourth-order valence-electron chi connectivity index (χ4n) is 4.02. The van der Waals surface area contributed by atoms with Crippen molar-refractivity contribution in [3.63, 3.8) is 0 Å². The molecule has 0 saturated carbocycles. The van der Waals surface area contributed by atoms with Crippen molar-refractivity contribution in [1.82, 2.24) is 25.9 Å². The smallest absolute Gasteiger partial charge is 0.245 e. The van der Waals surface area contributed by atoms with E-state index in [1.807, 2.05) is 0 Å². The summed E-state index contributed by atoms with van der Waals surface area (Å²) in [6.45, 7) is -0.713. The number of carbonyl (C=O) groups excluding carboxylic acids is 1. The van der Waals surface area contributed by atoms with Crippen LogP contribution in [0.4, 0.5) is 0 Å². The highest BCUT2D eigenvalue weighted by molar-refractivity contribution is 5.88. The molecular weight excluding hydrogens is 350 g/mol. The Morgan fingerprint density at radius 3 is 2.73 bits per heavy atom. The molecule has 0 aromatic heterocycles. The fraction of sp³-hybridized carbons (Fsp3) is 0.769. The molecule has 0 bridgehead atoms. The number of hydrogen-bond donors (Lipinski definition) is 9. The van der Waals surface area contributed by atoms with Crippen LogP contribution < -0.4 is 16.1 Å². The van der Waals surface area contributed by atoms with Gasteiger partial charge in [-0.25, -0.2) is 5.48 Å². The van der Waals surface area contributed by atoms with E-state index in [4.69, 9.17) is 10.8 Å². The Morgan fingerprint density at radius 1 is 1.42 bits per heavy atom. The molecule has 0 radical (unpaired) electrons. The summed E-state index contributed by atoms with van der Waals surface area (Å²) < 4.78 is 0. The van der Waals surface area contributed by atoms with Crippen LogP contribution in [0.25, 0.3) is 0 Å². The van der Waals surface area contributed by atoms with E-state index < -0.39 is 42.2 Å². The zero-order chi connectivity index (χ0) is 19.3. The number of nitrogens with one attached hydrogen (secondary N) is 5. The fourth-order valence-corrected chi connectivity index (χ4v) is 4.02. The molecule has 9 N–H and O–H groups in total. The monoisotopic (exact) mass is 373 g/mol. The Hall–Kier alpha value is -2.19. The second-order valence-corrected chi connectivity index (χ2v) is 6.49. The summed E-state index contributed by atoms with van der Waals surface area (Å²) in [6.07, 6.45) is -1.67. The Labute approximate surface area is 148 Å². The molecule has 0 aromatic carbocycles. The topological polar surface area (TPSA) is 197 Å². The second-order valence-electron chi connectivity index (χ2n) is 6.49. The first kappa shape index (κ1) is 18.6. The van der Waals surface area contributed by atoms with E-state index in [9.17, 15) is 25.2 Å². The van der Waals surface area contributed by atoms with E-state index >= 15 is 0 Å². The average Bonchev–Trinajstić information content (AvgIpc) is 2.98. The number of aliphatic hydroxyl groups is 4. The molecule has 146 valence electrons. The van der Waals surface area contributed by atoms with Crippen LogP contribution in [0, 0.1) is 10.8 Å². The number of rotatable bonds is 5. The first-order valence-electron chi connectivity index (χ1n) is 8.02. The molecule has 3 rings (SSSR count). The van der Waals surface area contributed by atoms with Crippen molar-refractivity contribution in [2.24, 2.45) is 0 Å². The molecule has 13 heteroatoms. The van der Waals surface area contributed by atoms with Gasteiger partial charge in [0.15, 0.2) is 17.6 Å². The molecule has 4 atom stereocenters. The van der Waals surface area contributed by atoms with Crippen LogP contribution in [-0.2, 0) is 9.63 Å². The van der Waals surface area contributed by atoms with Crippen molar-refractivity contribution in [2.75, 3.05) is 26.8 Å². The van der Waals surface area contributed by atoms with Crippen LogP contribution >= 0.6 is 0 Å². The van der Waals surface area contributed by atoms with Crippen molar-refractivity contribution in [2.45, 2.75) is 36.1 Å². The lowest BCUT2D eigenvalue weighted by molar-refractivity contribution is -0.262. The maximum absolute atomic E-state index is 11.7. The highest BCUT2D eigenvalue weighted by Gasteiger charge is 2.75. The first-order valence-corrected chi connectivity index (χ1v) is 8.02. The molecule has 0 aliphatic carbocycles. The quantitative estimate of drug-likeness (QED) is 0.166. The molecule has 13 nitrogen and oxygen atoms in total. The molecule has 3 heterocycles. The van der Waals surface area contributed by atoms with Crippen LogP contribution in [0.2, 0.25) is 0 Å². The van der Waals surface area contributed by atoms with Gasteiger partial charge in [0, 0.05) is 13.0 Å². The van der Waals surface area contributed by atoms with Gasteiger partial charge in [0.25, 0.3) is 0 Å². The van der Waals surface area contributed by atoms with Crippen molar-refractivity contribution in [3.8, 4) is 0 Å². The molecule has 1 spiro atoms. The third-order valence-electron chi connectivity index (χ3n) is 5.13. The Bertz CT molecular complexity index is 630. The van der Waals surface area contributed by atoms with Crippen LogP contribution in [0.5, 0.6) is 0 Å². The largest absolute Gasteiger partial charge is 0.394 e. The van der Waals surface area contributed by atoms with E-state index in [1.54, 1.807) is 0 Å². The van der Waals surface area contributed by atoms with Gasteiger partial charge >= 0.3 is 0 Å². The minimum atomic E-state index is -2.70. The maximum atomic E-state index is 11.7. The molecule has 3 aliphatic rings. The van der Waals surface area contributed by atoms with E-state index in [0.717, 1.165) is 0 Å². The third kappa shape index (κ3) is 2.32. The summed E-state index contributed by atoms with van der Waals surface area (Å²) in [6, 6.07) is -1.79. The zero-order valence-electron chi connectivity index (χ0n) is 14.1. The summed E-state index contributed by atoms with van der Waals surface area (Å²) >= 11 is 0. The van der Waals surface area contributed by atoms with E-state index in [1.165, 1.54) is 16.9 Å². The standard InChI is InChI=1S/C13H23N7O6/c1-26-18-8(23)2-3-19-9-6(5-21)16-10(14)20-4-7(22)13(24,25)12(9,20)17-11(19)15/h6-7,9,21-22,24-25H,2-5H2,1H3,(H2,14,16)(H2,15,17)(H,18,23)/t6-,7+,9-,12-/m0/s1. The third-order valence-corrected chi connectivity index (χ3v) is 5.13. The number of aliphatic hydroxyl groups excluding tert-OH is 2. The Morgan fingerprint density at radius 2 is 2.12 bits per heavy atom. The molecular formula is C13H23N7O6. The lowest BCUT2D eigenvalue weighted by Crippen LogP contribution is -2.81. The van der Waals surface area contributed by atoms with Gasteiger partial charge in [-0.1, -0.05) is 0 Å². The number of nitrogens with zero attached hydrogens (tertiary/aromatic N) is 2. The van der Waals surface area contributed by atoms with Crippen LogP contribution in [0.3, 0.4) is 0 Å². The van der Waals surface area contributed by atoms with Crippen LogP contribution in [-0.4, -0.2) is 104 Å². The number of amides is 1. The lowest BCUT2D eigenvalue weighted by atomic mass is 9.84. The van der Waals surface area contributed by atoms with Crippen molar-refractivity contribution < 1.29 is 30.1 Å². The van der Waals surface area contributed by atoms with Crippen molar-refractivity contribution >= 4 is 17.8 Å². The number of hydroxylamine groups is 1. The van der Waals surface area contributed by atoms with Gasteiger partial charge < -0.3 is 40.9 Å². The number of hydrogen-bond acceptors (Lipinski definition) is 8. The van der Waals surface area contributed by atoms with Gasteiger partial charge in [0.05, 0.1) is 26.3 Å². The average molecular weight is 373 g/mol. The van der Waals surface area contributed by atoms with Gasteiger partial charge in [0.1, 0.15) is 12.1 Å². The van der Waals surface area contributed by atoms with Crippen LogP contribution in [0.15, 0.2) is 0 Å². The second kappa shape index (κ2) is 6.21. The minimum absolute atomic E-state index is 0.0129. The summed E-state index contributed by atoms with van der Waals surface area (Å²) in [4.78, 5) is 18.8. The SMILES string of the molecule is CONC(=O)CCN1C(=N)N[C@@]23[C@@H]1[C@H](CO)NC(=N)N2C[C@@H](O)C3(O)O. The Balaban J connectivity index is 1.97. The van der Waals surface area contributed by atoms with E-state index in [-0.39, 0.29) is 31.4 Å². The molecule has 1 amide bonds. The minimum Gasteiger partial charge on any atom is -0.394 e. The summed E-state index contributed by atoms with van der Waals surface area (Å²) in [7, 11) is 1.29. The Kier molecular flexibility index (Phi) is 4.44. The summed E-state index contributed by atoms with van der Waals surface area (Å²) in [5, 5.41) is 62.8. The van der Waals surface area contributed by atoms with Gasteiger partial charge in [-0.15, -0.1) is 0 Å². The van der Waals surface area contributed by atoms with Gasteiger partial charge in [-0.3, -0.25) is 20.5 Å². The van der Waals surface area contributed by atoms with Crippen LogP contribution in [0.1, 0.15) is 6.42 Å². The van der Waals surface area contributed by atoms with E-state index in [0.29, 0.717) is 0 Å². The molecule has 0 aromatic rings. The lowest BCUT2D eigenvalue weighted by Gasteiger charge is -2.52. The zero-order valence-corrected chi connectivity index (χ0v) is 14.1. The summed E-state index contributed by atoms with van der Waals surface area (Å²) in [5.41, 5.74) is 0.329.